The van der Waals surface area contributed by atoms with Gasteiger partial charge in [-0.1, -0.05) is 29.8 Å². The van der Waals surface area contributed by atoms with Crippen LogP contribution < -0.4 is 5.73 Å². The van der Waals surface area contributed by atoms with Crippen LogP contribution in [0, 0.1) is 0 Å². The molecule has 17 heavy (non-hydrogen) atoms. The molecule has 2 rings (SSSR count). The normalized spacial score (nSPS) is 10.2. The van der Waals surface area contributed by atoms with Gasteiger partial charge in [0, 0.05) is 11.8 Å². The summed E-state index contributed by atoms with van der Waals surface area (Å²) >= 11 is 5.86. The lowest BCUT2D eigenvalue weighted by molar-refractivity contribution is 0.0698. The summed E-state index contributed by atoms with van der Waals surface area (Å²) in [6, 6.07) is 8.26. The van der Waals surface area contributed by atoms with Crippen LogP contribution in [0.2, 0.25) is 5.02 Å². The van der Waals surface area contributed by atoms with E-state index >= 15 is 0 Å². The van der Waals surface area contributed by atoms with Crippen LogP contribution in [-0.4, -0.2) is 16.1 Å². The van der Waals surface area contributed by atoms with Gasteiger partial charge in [0.1, 0.15) is 5.82 Å². The number of hydrogen-bond acceptors (Lipinski definition) is 3. The summed E-state index contributed by atoms with van der Waals surface area (Å²) in [6.07, 6.45) is 1.50. The molecule has 0 unspecified atom stereocenters. The minimum absolute atomic E-state index is 0.204. The minimum atomic E-state index is -0.992. The van der Waals surface area contributed by atoms with E-state index < -0.39 is 5.97 Å². The minimum Gasteiger partial charge on any atom is -0.478 e. The molecule has 2 aromatic rings. The number of carboxylic acid groups (broad SMARTS) is 1. The van der Waals surface area contributed by atoms with E-state index in [1.807, 2.05) is 0 Å². The van der Waals surface area contributed by atoms with Crippen molar-refractivity contribution in [1.82, 2.24) is 4.98 Å². The third-order valence-corrected chi connectivity index (χ3v) is 2.64. The maximum atomic E-state index is 11.1. The third kappa shape index (κ3) is 2.21. The Labute approximate surface area is 103 Å². The van der Waals surface area contributed by atoms with Gasteiger partial charge in [-0.2, -0.15) is 0 Å². The maximum absolute atomic E-state index is 11.1. The second kappa shape index (κ2) is 4.43. The van der Waals surface area contributed by atoms with Gasteiger partial charge in [0.25, 0.3) is 0 Å². The Bertz CT molecular complexity index is 584. The van der Waals surface area contributed by atoms with Crippen LogP contribution in [0.25, 0.3) is 11.1 Å². The Hall–Kier alpha value is -2.07. The van der Waals surface area contributed by atoms with E-state index in [0.717, 1.165) is 0 Å². The maximum Gasteiger partial charge on any atom is 0.336 e. The second-order valence-electron chi connectivity index (χ2n) is 3.44. The van der Waals surface area contributed by atoms with E-state index in [1.54, 1.807) is 24.3 Å². The van der Waals surface area contributed by atoms with Gasteiger partial charge in [-0.15, -0.1) is 0 Å². The summed E-state index contributed by atoms with van der Waals surface area (Å²) in [5.74, 6) is -0.767. The Kier molecular flexibility index (Phi) is 2.97. The molecule has 0 saturated heterocycles. The van der Waals surface area contributed by atoms with Crippen molar-refractivity contribution < 1.29 is 9.90 Å². The highest BCUT2D eigenvalue weighted by atomic mass is 35.5. The van der Waals surface area contributed by atoms with Gasteiger partial charge < -0.3 is 10.8 Å². The highest BCUT2D eigenvalue weighted by Gasteiger charge is 2.11. The predicted octanol–water partition coefficient (Wildman–Crippen LogP) is 2.68. The number of rotatable bonds is 2. The number of nitrogens with zero attached hydrogens (tertiary/aromatic N) is 1. The van der Waals surface area contributed by atoms with E-state index in [0.29, 0.717) is 16.1 Å². The molecule has 0 saturated carbocycles. The van der Waals surface area contributed by atoms with Gasteiger partial charge in [0.15, 0.2) is 0 Å². The summed E-state index contributed by atoms with van der Waals surface area (Å²) in [5.41, 5.74) is 6.90. The molecule has 0 bridgehead atoms. The molecule has 0 aliphatic heterocycles. The lowest BCUT2D eigenvalue weighted by Gasteiger charge is -2.06. The molecule has 0 fully saturated rings. The lowest BCUT2D eigenvalue weighted by Crippen LogP contribution is -2.00. The van der Waals surface area contributed by atoms with Crippen LogP contribution in [0.15, 0.2) is 36.5 Å². The van der Waals surface area contributed by atoms with Crippen molar-refractivity contribution in [3.8, 4) is 11.1 Å². The van der Waals surface area contributed by atoms with E-state index in [-0.39, 0.29) is 11.4 Å². The van der Waals surface area contributed by atoms with Crippen LogP contribution in [0.5, 0.6) is 0 Å². The molecule has 0 amide bonds. The molecule has 0 spiro atoms. The number of aromatic carboxylic acids is 1. The smallest absolute Gasteiger partial charge is 0.336 e. The topological polar surface area (TPSA) is 76.2 Å². The molecule has 1 heterocycles. The summed E-state index contributed by atoms with van der Waals surface area (Å²) in [7, 11) is 0. The van der Waals surface area contributed by atoms with Crippen molar-refractivity contribution >= 4 is 23.4 Å². The first-order valence-electron chi connectivity index (χ1n) is 4.83. The van der Waals surface area contributed by atoms with Crippen LogP contribution in [0.4, 0.5) is 5.82 Å². The monoisotopic (exact) mass is 248 g/mol. The number of halogens is 1. The fourth-order valence-corrected chi connectivity index (χ4v) is 1.68. The van der Waals surface area contributed by atoms with Crippen molar-refractivity contribution in [1.29, 1.82) is 0 Å². The Morgan fingerprint density at radius 1 is 1.35 bits per heavy atom. The predicted molar refractivity (Wildman–Crippen MR) is 66.1 cm³/mol. The quantitative estimate of drug-likeness (QED) is 0.857. The van der Waals surface area contributed by atoms with Gasteiger partial charge >= 0.3 is 5.97 Å². The summed E-state index contributed by atoms with van der Waals surface area (Å²) in [6.45, 7) is 0. The molecule has 0 aliphatic carbocycles. The number of nitrogens with two attached hydrogens (primary N) is 1. The van der Waals surface area contributed by atoms with Crippen molar-refractivity contribution in [2.45, 2.75) is 0 Å². The highest BCUT2D eigenvalue weighted by Crippen LogP contribution is 2.27. The van der Waals surface area contributed by atoms with Gasteiger partial charge in [0.2, 0.25) is 0 Å². The second-order valence-corrected chi connectivity index (χ2v) is 3.85. The SMILES string of the molecule is Nc1ncc(-c2ccccc2C(=O)O)cc1Cl. The first-order valence-corrected chi connectivity index (χ1v) is 5.21. The number of benzene rings is 1. The van der Waals surface area contributed by atoms with Gasteiger partial charge in [-0.05, 0) is 17.7 Å². The highest BCUT2D eigenvalue weighted by molar-refractivity contribution is 6.33. The molecule has 0 atom stereocenters. The molecule has 1 aromatic heterocycles. The van der Waals surface area contributed by atoms with Crippen LogP contribution in [-0.2, 0) is 0 Å². The number of aromatic nitrogens is 1. The van der Waals surface area contributed by atoms with Gasteiger partial charge in [0.05, 0.1) is 10.6 Å². The molecule has 0 aliphatic rings. The first-order chi connectivity index (χ1) is 8.09. The van der Waals surface area contributed by atoms with Crippen molar-refractivity contribution in [3.63, 3.8) is 0 Å². The van der Waals surface area contributed by atoms with E-state index in [4.69, 9.17) is 22.4 Å². The van der Waals surface area contributed by atoms with Crippen LogP contribution in [0.3, 0.4) is 0 Å². The Balaban J connectivity index is 2.60. The zero-order valence-electron chi connectivity index (χ0n) is 8.72. The fraction of sp³-hybridized carbons (Fsp3) is 0. The molecule has 4 nitrogen and oxygen atoms in total. The number of anilines is 1. The molecule has 86 valence electrons. The zero-order valence-corrected chi connectivity index (χ0v) is 9.48. The number of pyridine rings is 1. The Morgan fingerprint density at radius 3 is 2.71 bits per heavy atom. The molecule has 0 radical (unpaired) electrons. The molecule has 5 heteroatoms. The largest absolute Gasteiger partial charge is 0.478 e. The average molecular weight is 249 g/mol. The fourth-order valence-electron chi connectivity index (χ4n) is 1.52. The van der Waals surface area contributed by atoms with E-state index in [9.17, 15) is 4.79 Å². The van der Waals surface area contributed by atoms with Gasteiger partial charge in [-0.25, -0.2) is 9.78 Å². The summed E-state index contributed by atoms with van der Waals surface area (Å²) in [5, 5.41) is 9.38. The average Bonchev–Trinajstić information content (AvgIpc) is 2.32. The number of hydrogen-bond donors (Lipinski definition) is 2. The van der Waals surface area contributed by atoms with E-state index in [1.165, 1.54) is 12.3 Å². The summed E-state index contributed by atoms with van der Waals surface area (Å²) in [4.78, 5) is 15.0. The van der Waals surface area contributed by atoms with Crippen molar-refractivity contribution in [3.05, 3.63) is 47.1 Å². The van der Waals surface area contributed by atoms with E-state index in [2.05, 4.69) is 4.98 Å². The number of nitrogen functional groups attached to an aromatic ring is 1. The molecule has 3 N–H and O–H groups in total. The first kappa shape index (κ1) is 11.4. The molecular weight excluding hydrogens is 240 g/mol. The number of carboxylic acids is 1. The van der Waals surface area contributed by atoms with Crippen molar-refractivity contribution in [2.24, 2.45) is 0 Å². The molecular formula is C12H9ClN2O2. The van der Waals surface area contributed by atoms with Gasteiger partial charge in [-0.3, -0.25) is 0 Å². The third-order valence-electron chi connectivity index (χ3n) is 2.34. The molecule has 1 aromatic carbocycles. The van der Waals surface area contributed by atoms with Crippen LogP contribution >= 0.6 is 11.6 Å². The standard InChI is InChI=1S/C12H9ClN2O2/c13-10-5-7(6-15-11(10)14)8-3-1-2-4-9(8)12(16)17/h1-6H,(H2,14,15)(H,16,17). The summed E-state index contributed by atoms with van der Waals surface area (Å²) < 4.78 is 0. The zero-order chi connectivity index (χ0) is 12.4. The number of carbonyl (C=O) groups is 1. The lowest BCUT2D eigenvalue weighted by atomic mass is 10.0. The van der Waals surface area contributed by atoms with Crippen molar-refractivity contribution in [2.75, 3.05) is 5.73 Å². The van der Waals surface area contributed by atoms with Crippen LogP contribution in [0.1, 0.15) is 10.4 Å². The Morgan fingerprint density at radius 2 is 2.06 bits per heavy atom.